The number of aliphatic hydroxyl groups is 1. The van der Waals surface area contributed by atoms with Crippen molar-refractivity contribution in [1.29, 1.82) is 0 Å². The molecule has 2 rings (SSSR count). The highest BCUT2D eigenvalue weighted by atomic mass is 16.5. The zero-order valence-electron chi connectivity index (χ0n) is 13.4. The Morgan fingerprint density at radius 1 is 1.45 bits per heavy atom. The van der Waals surface area contributed by atoms with Gasteiger partial charge in [0, 0.05) is 38.6 Å². The molecule has 0 aliphatic carbocycles. The number of carbonyl (C=O) groups excluding carboxylic acids is 1. The van der Waals surface area contributed by atoms with E-state index >= 15 is 0 Å². The number of hydrogen-bond donors (Lipinski definition) is 2. The lowest BCUT2D eigenvalue weighted by atomic mass is 9.98. The molecule has 1 saturated heterocycles. The summed E-state index contributed by atoms with van der Waals surface area (Å²) in [5.41, 5.74) is 0. The maximum Gasteiger partial charge on any atom is 0.317 e. The number of nitrogens with one attached hydrogen (secondary N) is 1. The van der Waals surface area contributed by atoms with Crippen molar-refractivity contribution in [2.75, 3.05) is 26.2 Å². The summed E-state index contributed by atoms with van der Waals surface area (Å²) in [6.07, 6.45) is 3.21. The van der Waals surface area contributed by atoms with Crippen molar-refractivity contribution in [3.63, 3.8) is 0 Å². The lowest BCUT2D eigenvalue weighted by molar-refractivity contribution is 0.137. The Morgan fingerprint density at radius 2 is 2.18 bits per heavy atom. The normalized spacial score (nSPS) is 16.3. The highest BCUT2D eigenvalue weighted by molar-refractivity contribution is 5.74. The number of nitrogens with zero attached hydrogens (tertiary/aromatic N) is 3. The van der Waals surface area contributed by atoms with E-state index in [0.717, 1.165) is 38.2 Å². The fourth-order valence-corrected chi connectivity index (χ4v) is 2.47. The monoisotopic (exact) mass is 310 g/mol. The van der Waals surface area contributed by atoms with Gasteiger partial charge in [0.1, 0.15) is 0 Å². The van der Waals surface area contributed by atoms with E-state index in [1.807, 2.05) is 18.7 Å². The van der Waals surface area contributed by atoms with Crippen molar-refractivity contribution in [3.05, 3.63) is 11.7 Å². The van der Waals surface area contributed by atoms with E-state index in [1.165, 1.54) is 0 Å². The van der Waals surface area contributed by atoms with Crippen LogP contribution in [0.25, 0.3) is 0 Å². The quantitative estimate of drug-likeness (QED) is 0.778. The van der Waals surface area contributed by atoms with E-state index in [1.54, 1.807) is 0 Å². The number of hydrogen-bond acceptors (Lipinski definition) is 5. The van der Waals surface area contributed by atoms with Gasteiger partial charge in [0.15, 0.2) is 5.82 Å². The number of carbonyl (C=O) groups is 1. The molecule has 1 fully saturated rings. The highest BCUT2D eigenvalue weighted by Gasteiger charge is 2.21. The van der Waals surface area contributed by atoms with Crippen LogP contribution in [0.4, 0.5) is 4.79 Å². The first-order chi connectivity index (χ1) is 10.6. The Labute approximate surface area is 131 Å². The number of amides is 2. The largest absolute Gasteiger partial charge is 0.396 e. The van der Waals surface area contributed by atoms with Gasteiger partial charge in [-0.1, -0.05) is 19.0 Å². The number of aromatic nitrogens is 2. The average molecular weight is 310 g/mol. The Balaban J connectivity index is 1.62. The van der Waals surface area contributed by atoms with Crippen LogP contribution < -0.4 is 5.32 Å². The summed E-state index contributed by atoms with van der Waals surface area (Å²) in [7, 11) is 0. The lowest BCUT2D eigenvalue weighted by Crippen LogP contribution is -2.45. The molecule has 1 aliphatic heterocycles. The number of aryl methyl sites for hydroxylation is 1. The molecule has 0 aromatic carbocycles. The summed E-state index contributed by atoms with van der Waals surface area (Å²) in [4.78, 5) is 18.1. The van der Waals surface area contributed by atoms with Gasteiger partial charge in [0.05, 0.1) is 0 Å². The predicted octanol–water partition coefficient (Wildman–Crippen LogP) is 1.54. The topological polar surface area (TPSA) is 91.5 Å². The molecule has 1 aromatic heterocycles. The van der Waals surface area contributed by atoms with E-state index in [-0.39, 0.29) is 18.6 Å². The van der Waals surface area contributed by atoms with Crippen molar-refractivity contribution in [2.24, 2.45) is 5.92 Å². The minimum Gasteiger partial charge on any atom is -0.396 e. The van der Waals surface area contributed by atoms with Gasteiger partial charge >= 0.3 is 6.03 Å². The molecular formula is C15H26N4O3. The van der Waals surface area contributed by atoms with Crippen LogP contribution in [-0.4, -0.2) is 52.4 Å². The summed E-state index contributed by atoms with van der Waals surface area (Å²) >= 11 is 0. The molecule has 0 bridgehead atoms. The summed E-state index contributed by atoms with van der Waals surface area (Å²) in [5, 5.41) is 15.9. The molecule has 0 unspecified atom stereocenters. The Kier molecular flexibility index (Phi) is 6.18. The standard InChI is InChI=1S/C15H26N4O3/c1-11(2)14-17-13(22-18-14)4-3-7-16-15(21)19-8-5-12(10-20)6-9-19/h11-12,20H,3-10H2,1-2H3,(H,16,21). The molecule has 0 atom stereocenters. The highest BCUT2D eigenvalue weighted by Crippen LogP contribution is 2.16. The average Bonchev–Trinajstić information content (AvgIpc) is 3.00. The summed E-state index contributed by atoms with van der Waals surface area (Å²) in [5.74, 6) is 1.96. The number of aliphatic hydroxyl groups excluding tert-OH is 1. The smallest absolute Gasteiger partial charge is 0.317 e. The molecule has 2 N–H and O–H groups in total. The zero-order valence-corrected chi connectivity index (χ0v) is 13.4. The van der Waals surface area contributed by atoms with E-state index in [4.69, 9.17) is 9.63 Å². The maximum atomic E-state index is 12.0. The second-order valence-electron chi connectivity index (χ2n) is 6.15. The molecule has 2 amide bonds. The van der Waals surface area contributed by atoms with Gasteiger partial charge in [-0.25, -0.2) is 4.79 Å². The van der Waals surface area contributed by atoms with Crippen LogP contribution in [-0.2, 0) is 6.42 Å². The van der Waals surface area contributed by atoms with Crippen LogP contribution >= 0.6 is 0 Å². The van der Waals surface area contributed by atoms with E-state index in [9.17, 15) is 4.79 Å². The molecule has 0 radical (unpaired) electrons. The summed E-state index contributed by atoms with van der Waals surface area (Å²) in [6.45, 7) is 6.30. The van der Waals surface area contributed by atoms with Crippen molar-refractivity contribution >= 4 is 6.03 Å². The first kappa shape index (κ1) is 16.7. The summed E-state index contributed by atoms with van der Waals surface area (Å²) in [6, 6.07) is -0.0233. The minimum absolute atomic E-state index is 0.0233. The van der Waals surface area contributed by atoms with Gasteiger partial charge < -0.3 is 19.8 Å². The number of piperidine rings is 1. The molecule has 0 spiro atoms. The second-order valence-corrected chi connectivity index (χ2v) is 6.15. The number of rotatable bonds is 6. The maximum absolute atomic E-state index is 12.0. The van der Waals surface area contributed by atoms with Gasteiger partial charge in [0.25, 0.3) is 0 Å². The Hall–Kier alpha value is -1.63. The van der Waals surface area contributed by atoms with Crippen LogP contribution in [0, 0.1) is 5.92 Å². The van der Waals surface area contributed by atoms with Crippen LogP contribution in [0.3, 0.4) is 0 Å². The third-order valence-electron chi connectivity index (χ3n) is 4.00. The van der Waals surface area contributed by atoms with Gasteiger partial charge in [-0.2, -0.15) is 4.98 Å². The number of likely N-dealkylation sites (tertiary alicyclic amines) is 1. The zero-order chi connectivity index (χ0) is 15.9. The number of urea groups is 1. The molecule has 1 aromatic rings. The first-order valence-electron chi connectivity index (χ1n) is 8.06. The molecule has 1 aliphatic rings. The van der Waals surface area contributed by atoms with Crippen LogP contribution in [0.1, 0.15) is 50.7 Å². The lowest BCUT2D eigenvalue weighted by Gasteiger charge is -2.31. The third-order valence-corrected chi connectivity index (χ3v) is 4.00. The van der Waals surface area contributed by atoms with Crippen molar-refractivity contribution < 1.29 is 14.4 Å². The fraction of sp³-hybridized carbons (Fsp3) is 0.800. The van der Waals surface area contributed by atoms with Crippen LogP contribution in [0.5, 0.6) is 0 Å². The Bertz CT molecular complexity index is 467. The van der Waals surface area contributed by atoms with Crippen molar-refractivity contribution in [2.45, 2.75) is 45.4 Å². The van der Waals surface area contributed by atoms with Gasteiger partial charge in [-0.05, 0) is 25.2 Å². The third kappa shape index (κ3) is 4.69. The van der Waals surface area contributed by atoms with Gasteiger partial charge in [0.2, 0.25) is 5.89 Å². The predicted molar refractivity (Wildman–Crippen MR) is 81.5 cm³/mol. The van der Waals surface area contributed by atoms with Crippen LogP contribution in [0.2, 0.25) is 0 Å². The van der Waals surface area contributed by atoms with E-state index < -0.39 is 0 Å². The SMILES string of the molecule is CC(C)c1noc(CCCNC(=O)N2CCC(CO)CC2)n1. The van der Waals surface area contributed by atoms with E-state index in [2.05, 4.69) is 15.5 Å². The van der Waals surface area contributed by atoms with Crippen molar-refractivity contribution in [3.8, 4) is 0 Å². The minimum atomic E-state index is -0.0233. The second kappa shape index (κ2) is 8.12. The molecule has 2 heterocycles. The van der Waals surface area contributed by atoms with Crippen LogP contribution in [0.15, 0.2) is 4.52 Å². The molecule has 7 nitrogen and oxygen atoms in total. The molecule has 22 heavy (non-hydrogen) atoms. The van der Waals surface area contributed by atoms with E-state index in [0.29, 0.717) is 24.8 Å². The first-order valence-corrected chi connectivity index (χ1v) is 8.06. The van der Waals surface area contributed by atoms with Gasteiger partial charge in [-0.15, -0.1) is 0 Å². The van der Waals surface area contributed by atoms with Gasteiger partial charge in [-0.3, -0.25) is 0 Å². The molecule has 0 saturated carbocycles. The summed E-state index contributed by atoms with van der Waals surface area (Å²) < 4.78 is 5.17. The molecule has 124 valence electrons. The van der Waals surface area contributed by atoms with Crippen molar-refractivity contribution in [1.82, 2.24) is 20.4 Å². The fourth-order valence-electron chi connectivity index (χ4n) is 2.47. The molecule has 7 heteroatoms. The Morgan fingerprint density at radius 3 is 2.77 bits per heavy atom. The molecular weight excluding hydrogens is 284 g/mol.